The summed E-state index contributed by atoms with van der Waals surface area (Å²) in [5.41, 5.74) is 1.60. The minimum absolute atomic E-state index is 0.0961. The number of hydrogen-bond acceptors (Lipinski definition) is 7. The Bertz CT molecular complexity index is 1170. The zero-order valence-electron chi connectivity index (χ0n) is 16.8. The maximum absolute atomic E-state index is 12.8. The highest BCUT2D eigenvalue weighted by Gasteiger charge is 2.32. The average Bonchev–Trinajstić information content (AvgIpc) is 3.41. The smallest absolute Gasteiger partial charge is 0.309 e. The summed E-state index contributed by atoms with van der Waals surface area (Å²) in [6, 6.07) is 6.09. The number of aromatic nitrogens is 3. The van der Waals surface area contributed by atoms with Crippen LogP contribution >= 0.6 is 22.9 Å². The SMILES string of the molecule is Cn1cc(-c2nc(COC(=O)C3CCN(S(=O)(=O)c4ccc(Cl)cc4)CC3)cs2)cn1. The second kappa shape index (κ2) is 9.07. The number of benzene rings is 1. The fraction of sp³-hybridized carbons (Fsp3) is 0.350. The van der Waals surface area contributed by atoms with Crippen molar-refractivity contribution in [1.29, 1.82) is 0 Å². The number of carbonyl (C=O) groups is 1. The molecule has 164 valence electrons. The molecule has 2 aromatic heterocycles. The zero-order chi connectivity index (χ0) is 22.0. The largest absolute Gasteiger partial charge is 0.459 e. The molecule has 0 saturated carbocycles. The highest BCUT2D eigenvalue weighted by atomic mass is 35.5. The monoisotopic (exact) mass is 480 g/mol. The average molecular weight is 481 g/mol. The van der Waals surface area contributed by atoms with Crippen LogP contribution in [0.2, 0.25) is 5.02 Å². The Labute approximate surface area is 189 Å². The van der Waals surface area contributed by atoms with Crippen molar-refractivity contribution in [2.75, 3.05) is 13.1 Å². The molecule has 0 aliphatic carbocycles. The minimum atomic E-state index is -3.60. The van der Waals surface area contributed by atoms with Gasteiger partial charge < -0.3 is 4.74 Å². The van der Waals surface area contributed by atoms with Crippen LogP contribution in [0.1, 0.15) is 18.5 Å². The molecule has 1 fully saturated rings. The van der Waals surface area contributed by atoms with Gasteiger partial charge in [-0.1, -0.05) is 11.6 Å². The second-order valence-electron chi connectivity index (χ2n) is 7.29. The number of carbonyl (C=O) groups excluding carboxylic acids is 1. The van der Waals surface area contributed by atoms with Gasteiger partial charge in [0.1, 0.15) is 11.6 Å². The Morgan fingerprint density at radius 3 is 2.61 bits per heavy atom. The summed E-state index contributed by atoms with van der Waals surface area (Å²) in [5.74, 6) is -0.646. The van der Waals surface area contributed by atoms with E-state index < -0.39 is 10.0 Å². The van der Waals surface area contributed by atoms with Crippen molar-refractivity contribution in [1.82, 2.24) is 19.1 Å². The van der Waals surface area contributed by atoms with Gasteiger partial charge in [0.25, 0.3) is 0 Å². The second-order valence-corrected chi connectivity index (χ2v) is 10.5. The van der Waals surface area contributed by atoms with Crippen molar-refractivity contribution in [3.8, 4) is 10.6 Å². The molecule has 0 amide bonds. The molecule has 0 unspecified atom stereocenters. The normalized spacial score (nSPS) is 15.8. The van der Waals surface area contributed by atoms with Gasteiger partial charge in [0.2, 0.25) is 10.0 Å². The fourth-order valence-electron chi connectivity index (χ4n) is 3.39. The molecule has 0 spiro atoms. The van der Waals surface area contributed by atoms with Crippen LogP contribution in [0.4, 0.5) is 0 Å². The van der Waals surface area contributed by atoms with Crippen LogP contribution in [0, 0.1) is 5.92 Å². The lowest BCUT2D eigenvalue weighted by molar-refractivity contribution is -0.151. The number of nitrogens with zero attached hydrogens (tertiary/aromatic N) is 4. The molecule has 31 heavy (non-hydrogen) atoms. The first-order chi connectivity index (χ1) is 14.8. The van der Waals surface area contributed by atoms with E-state index in [-0.39, 0.29) is 36.5 Å². The van der Waals surface area contributed by atoms with Crippen LogP contribution in [0.3, 0.4) is 0 Å². The van der Waals surface area contributed by atoms with Gasteiger partial charge in [0, 0.05) is 42.3 Å². The molecule has 1 aliphatic heterocycles. The van der Waals surface area contributed by atoms with Gasteiger partial charge in [0.15, 0.2) is 0 Å². The first-order valence-electron chi connectivity index (χ1n) is 9.69. The van der Waals surface area contributed by atoms with E-state index in [4.69, 9.17) is 16.3 Å². The third-order valence-corrected chi connectivity index (χ3v) is 8.21. The Morgan fingerprint density at radius 2 is 1.97 bits per heavy atom. The van der Waals surface area contributed by atoms with Crippen LogP contribution in [-0.4, -0.2) is 46.5 Å². The Hall–Kier alpha value is -2.27. The number of sulfonamides is 1. The maximum Gasteiger partial charge on any atom is 0.309 e. The summed E-state index contributed by atoms with van der Waals surface area (Å²) < 4.78 is 34.1. The Balaban J connectivity index is 1.29. The van der Waals surface area contributed by atoms with Crippen molar-refractivity contribution >= 4 is 38.9 Å². The summed E-state index contributed by atoms with van der Waals surface area (Å²) >= 11 is 7.31. The van der Waals surface area contributed by atoms with E-state index >= 15 is 0 Å². The molecule has 8 nitrogen and oxygen atoms in total. The number of thiazole rings is 1. The predicted octanol–water partition coefficient (Wildman–Crippen LogP) is 3.34. The first kappa shape index (κ1) is 21.9. The van der Waals surface area contributed by atoms with E-state index in [2.05, 4.69) is 10.1 Å². The molecule has 1 aliphatic rings. The van der Waals surface area contributed by atoms with E-state index in [0.717, 1.165) is 10.6 Å². The molecule has 3 aromatic rings. The molecule has 0 atom stereocenters. The lowest BCUT2D eigenvalue weighted by atomic mass is 9.98. The van der Waals surface area contributed by atoms with E-state index in [1.807, 2.05) is 18.6 Å². The molecule has 11 heteroatoms. The first-order valence-corrected chi connectivity index (χ1v) is 12.4. The lowest BCUT2D eigenvalue weighted by Crippen LogP contribution is -2.40. The van der Waals surface area contributed by atoms with Gasteiger partial charge in [0.05, 0.1) is 22.7 Å². The van der Waals surface area contributed by atoms with Gasteiger partial charge >= 0.3 is 5.97 Å². The maximum atomic E-state index is 12.8. The molecule has 3 heterocycles. The van der Waals surface area contributed by atoms with Crippen molar-refractivity contribution < 1.29 is 17.9 Å². The van der Waals surface area contributed by atoms with Crippen LogP contribution in [0.15, 0.2) is 46.9 Å². The number of halogens is 1. The van der Waals surface area contributed by atoms with Gasteiger partial charge in [-0.25, -0.2) is 13.4 Å². The highest BCUT2D eigenvalue weighted by molar-refractivity contribution is 7.89. The standard InChI is InChI=1S/C20H21ClN4O4S2/c1-24-11-15(10-22-24)19-23-17(13-30-19)12-29-20(26)14-6-8-25(9-7-14)31(27,28)18-4-2-16(21)3-5-18/h2-5,10-11,13-14H,6-9,12H2,1H3. The lowest BCUT2D eigenvalue weighted by Gasteiger charge is -2.30. The molecule has 1 aromatic carbocycles. The Kier molecular flexibility index (Phi) is 6.42. The summed E-state index contributed by atoms with van der Waals surface area (Å²) in [5, 5.41) is 7.29. The summed E-state index contributed by atoms with van der Waals surface area (Å²) in [7, 11) is -1.76. The number of piperidine rings is 1. The Morgan fingerprint density at radius 1 is 1.26 bits per heavy atom. The quantitative estimate of drug-likeness (QED) is 0.502. The molecule has 4 rings (SSSR count). The van der Waals surface area contributed by atoms with Gasteiger partial charge in [-0.3, -0.25) is 9.48 Å². The van der Waals surface area contributed by atoms with E-state index in [1.165, 1.54) is 27.8 Å². The van der Waals surface area contributed by atoms with Crippen molar-refractivity contribution in [3.63, 3.8) is 0 Å². The number of aryl methyl sites for hydroxylation is 1. The van der Waals surface area contributed by atoms with E-state index in [0.29, 0.717) is 23.6 Å². The highest BCUT2D eigenvalue weighted by Crippen LogP contribution is 2.27. The number of hydrogen-bond donors (Lipinski definition) is 0. The van der Waals surface area contributed by atoms with Crippen LogP contribution in [0.5, 0.6) is 0 Å². The third kappa shape index (κ3) is 4.98. The molecule has 1 saturated heterocycles. The molecule has 0 N–H and O–H groups in total. The van der Waals surface area contributed by atoms with Gasteiger partial charge in [-0.2, -0.15) is 9.40 Å². The van der Waals surface area contributed by atoms with Gasteiger partial charge in [-0.05, 0) is 37.1 Å². The van der Waals surface area contributed by atoms with E-state index in [9.17, 15) is 13.2 Å². The van der Waals surface area contributed by atoms with Crippen LogP contribution < -0.4 is 0 Å². The predicted molar refractivity (Wildman–Crippen MR) is 117 cm³/mol. The van der Waals surface area contributed by atoms with Crippen LogP contribution in [-0.2, 0) is 33.2 Å². The van der Waals surface area contributed by atoms with Crippen LogP contribution in [0.25, 0.3) is 10.6 Å². The number of ether oxygens (including phenoxy) is 1. The summed E-state index contributed by atoms with van der Waals surface area (Å²) in [4.78, 5) is 17.2. The molecular weight excluding hydrogens is 460 g/mol. The third-order valence-electron chi connectivity index (χ3n) is 5.10. The minimum Gasteiger partial charge on any atom is -0.459 e. The van der Waals surface area contributed by atoms with Gasteiger partial charge in [-0.15, -0.1) is 11.3 Å². The number of rotatable bonds is 6. The van der Waals surface area contributed by atoms with Crippen molar-refractivity contribution in [3.05, 3.63) is 52.8 Å². The number of esters is 1. The zero-order valence-corrected chi connectivity index (χ0v) is 19.2. The summed E-state index contributed by atoms with van der Waals surface area (Å²) in [6.07, 6.45) is 4.45. The summed E-state index contributed by atoms with van der Waals surface area (Å²) in [6.45, 7) is 0.637. The van der Waals surface area contributed by atoms with E-state index in [1.54, 1.807) is 23.0 Å². The van der Waals surface area contributed by atoms with Crippen molar-refractivity contribution in [2.45, 2.75) is 24.3 Å². The topological polar surface area (TPSA) is 94.4 Å². The molecule has 0 bridgehead atoms. The molecular formula is C20H21ClN4O4S2. The fourth-order valence-corrected chi connectivity index (χ4v) is 5.76. The molecule has 0 radical (unpaired) electrons. The van der Waals surface area contributed by atoms with Crippen molar-refractivity contribution in [2.24, 2.45) is 13.0 Å².